The van der Waals surface area contributed by atoms with Crippen LogP contribution in [0.4, 0.5) is 0 Å². The molecule has 0 heterocycles. The fraction of sp³-hybridized carbons (Fsp3) is 0.917. The van der Waals surface area contributed by atoms with Crippen molar-refractivity contribution in [1.29, 1.82) is 0 Å². The van der Waals surface area contributed by atoms with Crippen LogP contribution in [0.25, 0.3) is 0 Å². The van der Waals surface area contributed by atoms with Gasteiger partial charge in [0.2, 0.25) is 0 Å². The third-order valence-electron chi connectivity index (χ3n) is 8.54. The zero-order chi connectivity index (χ0) is 29.5. The lowest BCUT2D eigenvalue weighted by Gasteiger charge is -2.22. The van der Waals surface area contributed by atoms with E-state index in [0.29, 0.717) is 6.42 Å². The Morgan fingerprint density at radius 2 is 1.02 bits per heavy atom. The van der Waals surface area contributed by atoms with Crippen molar-refractivity contribution in [2.45, 2.75) is 194 Å². The van der Waals surface area contributed by atoms with Crippen molar-refractivity contribution < 1.29 is 15.1 Å². The standard InChI is InChI=1S/C36H71NO3/c1-4-6-8-10-16-22-28-34(30-24-18-12-13-20-26-32-36(38)39)35(29-23-17-11-9-7-5-2)31-25-19-14-15-21-27-33-37(3)40/h28,35,40H,4-27,29-33H2,1-3H3,(H,38,39). The van der Waals surface area contributed by atoms with Crippen LogP contribution in [0.1, 0.15) is 194 Å². The number of unbranched alkanes of at least 4 members (excludes halogenated alkanes) is 20. The molecule has 238 valence electrons. The first-order valence-electron chi connectivity index (χ1n) is 17.8. The first kappa shape index (κ1) is 39.1. The smallest absolute Gasteiger partial charge is 0.303 e. The molecule has 1 atom stereocenters. The minimum atomic E-state index is -0.657. The lowest BCUT2D eigenvalue weighted by molar-refractivity contribution is -0.137. The molecule has 0 amide bonds. The molecule has 0 aromatic heterocycles. The van der Waals surface area contributed by atoms with Gasteiger partial charge in [0.05, 0.1) is 0 Å². The van der Waals surface area contributed by atoms with Crippen LogP contribution in [0, 0.1) is 5.92 Å². The Morgan fingerprint density at radius 1 is 0.600 bits per heavy atom. The van der Waals surface area contributed by atoms with Crippen LogP contribution in [0.15, 0.2) is 11.6 Å². The van der Waals surface area contributed by atoms with E-state index >= 15 is 0 Å². The Hall–Kier alpha value is -0.870. The topological polar surface area (TPSA) is 60.8 Å². The van der Waals surface area contributed by atoms with Gasteiger partial charge in [-0.15, -0.1) is 0 Å². The van der Waals surface area contributed by atoms with Crippen molar-refractivity contribution in [2.24, 2.45) is 5.92 Å². The monoisotopic (exact) mass is 566 g/mol. The first-order valence-corrected chi connectivity index (χ1v) is 17.8. The summed E-state index contributed by atoms with van der Waals surface area (Å²) in [6.45, 7) is 5.39. The molecule has 0 rings (SSSR count). The van der Waals surface area contributed by atoms with Gasteiger partial charge in [0, 0.05) is 20.0 Å². The Morgan fingerprint density at radius 3 is 1.52 bits per heavy atom. The van der Waals surface area contributed by atoms with Crippen LogP contribution in [-0.4, -0.2) is 34.9 Å². The second-order valence-electron chi connectivity index (χ2n) is 12.5. The summed E-state index contributed by atoms with van der Waals surface area (Å²) in [5.41, 5.74) is 1.78. The van der Waals surface area contributed by atoms with Crippen LogP contribution in [0.5, 0.6) is 0 Å². The van der Waals surface area contributed by atoms with Gasteiger partial charge in [-0.05, 0) is 57.3 Å². The lowest BCUT2D eigenvalue weighted by atomic mass is 9.84. The highest BCUT2D eigenvalue weighted by Gasteiger charge is 2.14. The number of hydroxylamine groups is 2. The van der Waals surface area contributed by atoms with Crippen LogP contribution < -0.4 is 0 Å². The second-order valence-corrected chi connectivity index (χ2v) is 12.5. The van der Waals surface area contributed by atoms with E-state index in [0.717, 1.165) is 31.7 Å². The fourth-order valence-electron chi connectivity index (χ4n) is 5.95. The Bertz CT molecular complexity index is 560. The molecule has 2 N–H and O–H groups in total. The molecule has 40 heavy (non-hydrogen) atoms. The molecule has 0 aromatic carbocycles. The summed E-state index contributed by atoms with van der Waals surface area (Å²) in [6.07, 6.45) is 38.0. The van der Waals surface area contributed by atoms with Crippen LogP contribution in [0.2, 0.25) is 0 Å². The van der Waals surface area contributed by atoms with Gasteiger partial charge in [-0.25, -0.2) is 0 Å². The molecule has 0 radical (unpaired) electrons. The highest BCUT2D eigenvalue weighted by molar-refractivity contribution is 5.66. The maximum absolute atomic E-state index is 10.7. The summed E-state index contributed by atoms with van der Waals surface area (Å²) in [6, 6.07) is 0. The summed E-state index contributed by atoms with van der Waals surface area (Å²) in [7, 11) is 1.74. The number of rotatable bonds is 32. The van der Waals surface area contributed by atoms with E-state index in [1.54, 1.807) is 12.6 Å². The summed E-state index contributed by atoms with van der Waals surface area (Å²) >= 11 is 0. The van der Waals surface area contributed by atoms with E-state index in [9.17, 15) is 10.0 Å². The highest BCUT2D eigenvalue weighted by Crippen LogP contribution is 2.30. The quantitative estimate of drug-likeness (QED) is 0.0483. The zero-order valence-corrected chi connectivity index (χ0v) is 27.4. The Balaban J connectivity index is 4.81. The van der Waals surface area contributed by atoms with Gasteiger partial charge >= 0.3 is 5.97 Å². The summed E-state index contributed by atoms with van der Waals surface area (Å²) in [4.78, 5) is 10.7. The molecule has 0 aliphatic rings. The third kappa shape index (κ3) is 28.7. The average Bonchev–Trinajstić information content (AvgIpc) is 2.92. The van der Waals surface area contributed by atoms with E-state index in [2.05, 4.69) is 19.9 Å². The molecule has 0 spiro atoms. The molecule has 0 aliphatic carbocycles. The number of carboxylic acids is 1. The minimum Gasteiger partial charge on any atom is -0.481 e. The van der Waals surface area contributed by atoms with Crippen molar-refractivity contribution in [3.63, 3.8) is 0 Å². The van der Waals surface area contributed by atoms with E-state index in [1.165, 1.54) is 159 Å². The summed E-state index contributed by atoms with van der Waals surface area (Å²) in [5.74, 6) is 0.121. The number of hydrogen-bond donors (Lipinski definition) is 2. The van der Waals surface area contributed by atoms with E-state index in [-0.39, 0.29) is 0 Å². The highest BCUT2D eigenvalue weighted by atomic mass is 16.5. The number of hydrogen-bond acceptors (Lipinski definition) is 3. The molecule has 0 fully saturated rings. The van der Waals surface area contributed by atoms with Gasteiger partial charge in [-0.2, -0.15) is 5.06 Å². The number of carboxylic acid groups (broad SMARTS) is 1. The molecule has 0 bridgehead atoms. The summed E-state index contributed by atoms with van der Waals surface area (Å²) in [5, 5.41) is 19.5. The molecule has 1 unspecified atom stereocenters. The predicted molar refractivity (Wildman–Crippen MR) is 174 cm³/mol. The van der Waals surface area contributed by atoms with Crippen molar-refractivity contribution in [1.82, 2.24) is 5.06 Å². The molecule has 0 aliphatic heterocycles. The molecule has 4 nitrogen and oxygen atoms in total. The number of nitrogens with zero attached hydrogens (tertiary/aromatic N) is 1. The third-order valence-corrected chi connectivity index (χ3v) is 8.54. The SMILES string of the molecule is CCCCCCCC=C(CCCCCCCCC(=O)O)C(CCCCCCCC)CCCCCCCCN(C)O. The minimum absolute atomic E-state index is 0.325. The van der Waals surface area contributed by atoms with Gasteiger partial charge in [-0.3, -0.25) is 4.79 Å². The van der Waals surface area contributed by atoms with Crippen molar-refractivity contribution in [3.05, 3.63) is 11.6 Å². The van der Waals surface area contributed by atoms with E-state index < -0.39 is 5.97 Å². The number of allylic oxidation sites excluding steroid dienone is 2. The molecular weight excluding hydrogens is 494 g/mol. The normalized spacial score (nSPS) is 12.9. The van der Waals surface area contributed by atoms with Crippen molar-refractivity contribution >= 4 is 5.97 Å². The van der Waals surface area contributed by atoms with E-state index in [4.69, 9.17) is 5.11 Å². The second kappa shape index (κ2) is 31.1. The van der Waals surface area contributed by atoms with Crippen LogP contribution in [0.3, 0.4) is 0 Å². The Labute approximate surface area is 250 Å². The lowest BCUT2D eigenvalue weighted by Crippen LogP contribution is -2.13. The number of carbonyl (C=O) groups is 1. The predicted octanol–water partition coefficient (Wildman–Crippen LogP) is 11.9. The van der Waals surface area contributed by atoms with Gasteiger partial charge in [0.25, 0.3) is 0 Å². The first-order chi connectivity index (χ1) is 19.5. The van der Waals surface area contributed by atoms with Crippen LogP contribution >= 0.6 is 0 Å². The van der Waals surface area contributed by atoms with Gasteiger partial charge in [0.15, 0.2) is 0 Å². The van der Waals surface area contributed by atoms with Gasteiger partial charge in [-0.1, -0.05) is 147 Å². The number of aliphatic carboxylic acids is 1. The van der Waals surface area contributed by atoms with Crippen LogP contribution in [-0.2, 0) is 4.79 Å². The molecular formula is C36H71NO3. The molecule has 0 saturated carbocycles. The Kier molecular flexibility index (Phi) is 30.4. The maximum atomic E-state index is 10.7. The van der Waals surface area contributed by atoms with Gasteiger partial charge in [0.1, 0.15) is 0 Å². The fourth-order valence-corrected chi connectivity index (χ4v) is 5.95. The largest absolute Gasteiger partial charge is 0.481 e. The zero-order valence-electron chi connectivity index (χ0n) is 27.4. The molecule has 0 saturated heterocycles. The van der Waals surface area contributed by atoms with E-state index in [1.807, 2.05) is 0 Å². The maximum Gasteiger partial charge on any atom is 0.303 e. The average molecular weight is 566 g/mol. The summed E-state index contributed by atoms with van der Waals surface area (Å²) < 4.78 is 0. The van der Waals surface area contributed by atoms with Gasteiger partial charge < -0.3 is 10.3 Å². The van der Waals surface area contributed by atoms with Crippen molar-refractivity contribution in [2.75, 3.05) is 13.6 Å². The molecule has 0 aromatic rings. The van der Waals surface area contributed by atoms with Crippen molar-refractivity contribution in [3.8, 4) is 0 Å². The molecule has 4 heteroatoms.